The third-order valence-corrected chi connectivity index (χ3v) is 4.63. The van der Waals surface area contributed by atoms with Crippen LogP contribution in [0.3, 0.4) is 0 Å². The van der Waals surface area contributed by atoms with E-state index >= 15 is 0 Å². The van der Waals surface area contributed by atoms with Crippen molar-refractivity contribution >= 4 is 15.9 Å². The van der Waals surface area contributed by atoms with Gasteiger partial charge in [-0.1, -0.05) is 0 Å². The Kier molecular flexibility index (Phi) is 6.29. The topological polar surface area (TPSA) is 54.0 Å². The van der Waals surface area contributed by atoms with Crippen molar-refractivity contribution in [1.29, 1.82) is 0 Å². The highest BCUT2D eigenvalue weighted by Gasteiger charge is 2.24. The first-order chi connectivity index (χ1) is 10.2. The summed E-state index contributed by atoms with van der Waals surface area (Å²) >= 11 is 3.50. The standard InChI is InChI=1S/C15H23BrN2O3/c1-20-13-9-11(10-14(21-2)15(13)16)12(3-8-19)18-6-4-17-5-7-18/h9-10,12,17,19H,3-8H2,1-2H3/t12-/m0/s1. The average Bonchev–Trinajstić information content (AvgIpc) is 2.54. The SMILES string of the molecule is COc1cc([C@H](CCO)N2CCNCC2)cc(OC)c1Br. The first kappa shape index (κ1) is 16.5. The lowest BCUT2D eigenvalue weighted by molar-refractivity contribution is 0.140. The molecule has 0 radical (unpaired) electrons. The van der Waals surface area contributed by atoms with E-state index in [1.165, 1.54) is 0 Å². The molecule has 1 heterocycles. The van der Waals surface area contributed by atoms with Gasteiger partial charge in [0, 0.05) is 38.8 Å². The van der Waals surface area contributed by atoms with Gasteiger partial charge in [-0.25, -0.2) is 0 Å². The van der Waals surface area contributed by atoms with Crippen molar-refractivity contribution in [3.05, 3.63) is 22.2 Å². The smallest absolute Gasteiger partial charge is 0.137 e. The van der Waals surface area contributed by atoms with Crippen molar-refractivity contribution in [2.24, 2.45) is 0 Å². The van der Waals surface area contributed by atoms with Crippen LogP contribution in [0.15, 0.2) is 16.6 Å². The normalized spacial score (nSPS) is 17.5. The Morgan fingerprint density at radius 2 is 1.81 bits per heavy atom. The Hall–Kier alpha value is -0.820. The summed E-state index contributed by atoms with van der Waals surface area (Å²) in [6.07, 6.45) is 0.702. The molecule has 1 aromatic rings. The van der Waals surface area contributed by atoms with E-state index in [9.17, 15) is 5.11 Å². The monoisotopic (exact) mass is 358 g/mol. The molecular formula is C15H23BrN2O3. The van der Waals surface area contributed by atoms with Crippen LogP contribution in [0.25, 0.3) is 0 Å². The minimum Gasteiger partial charge on any atom is -0.495 e. The summed E-state index contributed by atoms with van der Waals surface area (Å²) in [6, 6.07) is 4.22. The van der Waals surface area contributed by atoms with Gasteiger partial charge in [0.05, 0.1) is 14.2 Å². The van der Waals surface area contributed by atoms with Crippen LogP contribution < -0.4 is 14.8 Å². The van der Waals surface area contributed by atoms with Gasteiger partial charge in [0.2, 0.25) is 0 Å². The van der Waals surface area contributed by atoms with E-state index in [-0.39, 0.29) is 12.6 Å². The van der Waals surface area contributed by atoms with Gasteiger partial charge < -0.3 is 19.9 Å². The molecule has 0 aromatic heterocycles. The molecule has 0 amide bonds. The lowest BCUT2D eigenvalue weighted by Crippen LogP contribution is -2.45. The molecule has 0 aliphatic carbocycles. The quantitative estimate of drug-likeness (QED) is 0.811. The van der Waals surface area contributed by atoms with E-state index in [0.717, 1.165) is 47.7 Å². The third-order valence-electron chi connectivity index (χ3n) is 3.85. The zero-order valence-corrected chi connectivity index (χ0v) is 14.1. The predicted octanol–water partition coefficient (Wildman–Crippen LogP) is 1.79. The number of nitrogens with one attached hydrogen (secondary N) is 1. The molecule has 1 aliphatic heterocycles. The summed E-state index contributed by atoms with van der Waals surface area (Å²) in [5.41, 5.74) is 1.11. The Labute approximate surface area is 134 Å². The van der Waals surface area contributed by atoms with Gasteiger partial charge in [-0.3, -0.25) is 4.90 Å². The molecule has 2 N–H and O–H groups in total. The van der Waals surface area contributed by atoms with Gasteiger partial charge >= 0.3 is 0 Å². The zero-order valence-electron chi connectivity index (χ0n) is 12.6. The van der Waals surface area contributed by atoms with Gasteiger partial charge in [0.15, 0.2) is 0 Å². The Balaban J connectivity index is 2.34. The first-order valence-electron chi connectivity index (χ1n) is 7.18. The second-order valence-electron chi connectivity index (χ2n) is 5.05. The largest absolute Gasteiger partial charge is 0.495 e. The van der Waals surface area contributed by atoms with Crippen LogP contribution in [-0.4, -0.2) is 57.0 Å². The molecule has 0 bridgehead atoms. The van der Waals surface area contributed by atoms with E-state index < -0.39 is 0 Å². The number of piperazine rings is 1. The molecule has 118 valence electrons. The second-order valence-corrected chi connectivity index (χ2v) is 5.85. The second kappa shape index (κ2) is 7.98. The molecule has 5 nitrogen and oxygen atoms in total. The molecule has 1 fully saturated rings. The maximum Gasteiger partial charge on any atom is 0.137 e. The van der Waals surface area contributed by atoms with Crippen LogP contribution in [0.2, 0.25) is 0 Å². The van der Waals surface area contributed by atoms with E-state index in [1.807, 2.05) is 12.1 Å². The first-order valence-corrected chi connectivity index (χ1v) is 7.97. The van der Waals surface area contributed by atoms with Crippen LogP contribution in [0.1, 0.15) is 18.0 Å². The molecule has 1 saturated heterocycles. The Bertz CT molecular complexity index is 439. The Morgan fingerprint density at radius 3 is 2.29 bits per heavy atom. The fourth-order valence-corrected chi connectivity index (χ4v) is 3.31. The van der Waals surface area contributed by atoms with Crippen molar-refractivity contribution in [2.45, 2.75) is 12.5 Å². The fourth-order valence-electron chi connectivity index (χ4n) is 2.76. The van der Waals surface area contributed by atoms with Gasteiger partial charge in [-0.15, -0.1) is 0 Å². The van der Waals surface area contributed by atoms with Crippen molar-refractivity contribution < 1.29 is 14.6 Å². The summed E-state index contributed by atoms with van der Waals surface area (Å²) in [7, 11) is 3.30. The average molecular weight is 359 g/mol. The number of benzene rings is 1. The number of methoxy groups -OCH3 is 2. The fraction of sp³-hybridized carbons (Fsp3) is 0.600. The summed E-state index contributed by atoms with van der Waals surface area (Å²) < 4.78 is 11.7. The highest BCUT2D eigenvalue weighted by Crippen LogP contribution is 2.39. The molecule has 6 heteroatoms. The number of halogens is 1. The van der Waals surface area contributed by atoms with E-state index in [1.54, 1.807) is 14.2 Å². The van der Waals surface area contributed by atoms with Crippen LogP contribution in [0.5, 0.6) is 11.5 Å². The molecule has 1 aromatic carbocycles. The predicted molar refractivity (Wildman–Crippen MR) is 86.1 cm³/mol. The minimum atomic E-state index is 0.162. The molecule has 0 saturated carbocycles. The number of aliphatic hydroxyl groups is 1. The van der Waals surface area contributed by atoms with Crippen molar-refractivity contribution in [3.8, 4) is 11.5 Å². The lowest BCUT2D eigenvalue weighted by Gasteiger charge is -2.35. The molecule has 2 rings (SSSR count). The maximum atomic E-state index is 9.42. The van der Waals surface area contributed by atoms with E-state index in [0.29, 0.717) is 6.42 Å². The van der Waals surface area contributed by atoms with Crippen molar-refractivity contribution in [1.82, 2.24) is 10.2 Å². The third kappa shape index (κ3) is 3.88. The molecule has 1 aliphatic rings. The van der Waals surface area contributed by atoms with Crippen molar-refractivity contribution in [3.63, 3.8) is 0 Å². The number of ether oxygens (including phenoxy) is 2. The summed E-state index contributed by atoms with van der Waals surface area (Å²) in [5.74, 6) is 1.50. The molecular weight excluding hydrogens is 336 g/mol. The number of aliphatic hydroxyl groups excluding tert-OH is 1. The Morgan fingerprint density at radius 1 is 1.24 bits per heavy atom. The molecule has 21 heavy (non-hydrogen) atoms. The van der Waals surface area contributed by atoms with Gasteiger partial charge in [-0.05, 0) is 40.0 Å². The van der Waals surface area contributed by atoms with Gasteiger partial charge in [0.25, 0.3) is 0 Å². The van der Waals surface area contributed by atoms with Crippen LogP contribution in [0.4, 0.5) is 0 Å². The highest BCUT2D eigenvalue weighted by molar-refractivity contribution is 9.10. The number of rotatable bonds is 6. The minimum absolute atomic E-state index is 0.162. The van der Waals surface area contributed by atoms with Gasteiger partial charge in [0.1, 0.15) is 16.0 Å². The highest BCUT2D eigenvalue weighted by atomic mass is 79.9. The van der Waals surface area contributed by atoms with E-state index in [4.69, 9.17) is 9.47 Å². The van der Waals surface area contributed by atoms with Crippen LogP contribution in [-0.2, 0) is 0 Å². The summed E-state index contributed by atoms with van der Waals surface area (Å²) in [6.45, 7) is 4.07. The molecule has 0 unspecified atom stereocenters. The summed E-state index contributed by atoms with van der Waals surface area (Å²) in [5, 5.41) is 12.8. The number of nitrogens with zero attached hydrogens (tertiary/aromatic N) is 1. The summed E-state index contributed by atoms with van der Waals surface area (Å²) in [4.78, 5) is 2.40. The van der Waals surface area contributed by atoms with Crippen molar-refractivity contribution in [2.75, 3.05) is 47.0 Å². The number of hydrogen-bond donors (Lipinski definition) is 2. The molecule has 0 spiro atoms. The lowest BCUT2D eigenvalue weighted by atomic mass is 10.0. The number of hydrogen-bond acceptors (Lipinski definition) is 5. The zero-order chi connectivity index (χ0) is 15.2. The van der Waals surface area contributed by atoms with Crippen LogP contribution >= 0.6 is 15.9 Å². The van der Waals surface area contributed by atoms with E-state index in [2.05, 4.69) is 26.1 Å². The molecule has 1 atom stereocenters. The maximum absolute atomic E-state index is 9.42. The van der Waals surface area contributed by atoms with Crippen LogP contribution in [0, 0.1) is 0 Å². The van der Waals surface area contributed by atoms with Gasteiger partial charge in [-0.2, -0.15) is 0 Å².